The molecular formula is C68H70CuF6I2N9O3S3. The number of amidine groups is 3. The Morgan fingerprint density at radius 1 is 0.576 bits per heavy atom. The molecule has 3 heterocycles. The molecule has 5 aromatic carbocycles. The van der Waals surface area contributed by atoms with E-state index in [-0.39, 0.29) is 64.0 Å². The molecule has 3 fully saturated rings. The predicted octanol–water partition coefficient (Wildman–Crippen LogP) is 14.0. The van der Waals surface area contributed by atoms with Gasteiger partial charge in [0.1, 0.15) is 31.7 Å². The molecule has 0 radical (unpaired) electrons. The van der Waals surface area contributed by atoms with Gasteiger partial charge in [0.05, 0.1) is 22.9 Å². The van der Waals surface area contributed by atoms with Gasteiger partial charge in [-0.05, 0) is 164 Å². The van der Waals surface area contributed by atoms with Gasteiger partial charge in [0.2, 0.25) is 17.7 Å². The van der Waals surface area contributed by atoms with Gasteiger partial charge in [0, 0.05) is 87.9 Å². The molecule has 3 aliphatic carbocycles. The number of hydrogen-bond acceptors (Lipinski definition) is 12. The molecule has 0 unspecified atom stereocenters. The number of allylic oxidation sites excluding steroid dienone is 1. The number of thioether (sulfide) groups is 3. The molecule has 6 aliphatic rings. The van der Waals surface area contributed by atoms with Crippen LogP contribution in [0.5, 0.6) is 0 Å². The van der Waals surface area contributed by atoms with E-state index < -0.39 is 58.0 Å². The first-order valence-electron chi connectivity index (χ1n) is 28.0. The third kappa shape index (κ3) is 16.0. The van der Waals surface area contributed by atoms with Crippen LogP contribution >= 0.6 is 78.2 Å². The first-order chi connectivity index (χ1) is 42.9. The van der Waals surface area contributed by atoms with E-state index in [1.165, 1.54) is 105 Å². The van der Waals surface area contributed by atoms with Crippen molar-refractivity contribution in [3.63, 3.8) is 0 Å². The zero-order valence-electron chi connectivity index (χ0n) is 50.9. The Morgan fingerprint density at radius 2 is 0.902 bits per heavy atom. The number of fused-ring (bicyclic) bond motifs is 3. The van der Waals surface area contributed by atoms with Crippen molar-refractivity contribution in [2.24, 2.45) is 49.9 Å². The minimum atomic E-state index is -1.03. The van der Waals surface area contributed by atoms with Crippen molar-refractivity contribution in [3.8, 4) is 24.2 Å². The zero-order valence-corrected chi connectivity index (χ0v) is 58.6. The molecule has 0 bridgehead atoms. The first-order valence-corrected chi connectivity index (χ1v) is 34.5. The van der Waals surface area contributed by atoms with Gasteiger partial charge in [-0.1, -0.05) is 109 Å². The number of terminal acetylenes is 1. The van der Waals surface area contributed by atoms with Crippen LogP contribution in [0.3, 0.4) is 0 Å². The number of carbonyl (C=O) groups excluding carboxylic acids is 3. The summed E-state index contributed by atoms with van der Waals surface area (Å²) in [5.74, 6) is 5.12. The van der Waals surface area contributed by atoms with Gasteiger partial charge < -0.3 is 31.9 Å². The van der Waals surface area contributed by atoms with Crippen molar-refractivity contribution in [3.05, 3.63) is 193 Å². The second-order valence-corrected chi connectivity index (χ2v) is 28.3. The minimum absolute atomic E-state index is 0. The number of halogens is 8. The van der Waals surface area contributed by atoms with Gasteiger partial charge in [-0.3, -0.25) is 29.4 Å². The molecule has 3 aliphatic heterocycles. The van der Waals surface area contributed by atoms with Gasteiger partial charge in [0.15, 0.2) is 25.2 Å². The molecular weight excluding hydrogens is 1520 g/mol. The van der Waals surface area contributed by atoms with E-state index in [4.69, 9.17) is 23.6 Å². The zero-order chi connectivity index (χ0) is 67.2. The molecule has 0 aromatic heterocycles. The van der Waals surface area contributed by atoms with Crippen molar-refractivity contribution in [2.75, 3.05) is 42.3 Å². The summed E-state index contributed by atoms with van der Waals surface area (Å²) in [6.45, 7) is 5.37. The van der Waals surface area contributed by atoms with Crippen LogP contribution in [-0.4, -0.2) is 104 Å². The Labute approximate surface area is 580 Å². The summed E-state index contributed by atoms with van der Waals surface area (Å²) < 4.78 is 81.7. The van der Waals surface area contributed by atoms with Crippen LogP contribution in [-0.2, 0) is 43.8 Å². The molecule has 92 heavy (non-hydrogen) atoms. The van der Waals surface area contributed by atoms with Crippen LogP contribution in [0.15, 0.2) is 146 Å². The maximum absolute atomic E-state index is 15.0. The number of carbonyl (C=O) groups is 3. The SMILES string of the molecule is C.C#Cc1ccccc1.CN(C)C(=O)[C@]12C[C@H]1[C@@](C)(c1cc(/C=C(\F)C#Cc3ccccc3)ccc1F)N=C(N)S2.CN(C)C(=O)[C@]12C[C@H]1[C@@](C)(c1cc(/C=C(\F)I)ccc1F)N=C(N)S2.CN(C)C(=O)[C@]12C[C@H]1[C@@](C)(c1cc(/C=C\F)ccc1F)N=C(N)S2.[Cu][I]. The van der Waals surface area contributed by atoms with Crippen molar-refractivity contribution >= 4 is 130 Å². The summed E-state index contributed by atoms with van der Waals surface area (Å²) >= 11 is 11.2. The summed E-state index contributed by atoms with van der Waals surface area (Å²) in [5, 5.41) is 0.788. The number of nitrogens with two attached hydrogens (primary N) is 3. The first kappa shape index (κ1) is 74.9. The van der Waals surface area contributed by atoms with Crippen molar-refractivity contribution < 1.29 is 53.5 Å². The third-order valence-corrected chi connectivity index (χ3v) is 20.6. The number of benzene rings is 5. The van der Waals surface area contributed by atoms with Gasteiger partial charge in [-0.15, -0.1) is 6.42 Å². The molecule has 9 atom stereocenters. The Morgan fingerprint density at radius 3 is 1.22 bits per heavy atom. The predicted molar refractivity (Wildman–Crippen MR) is 378 cm³/mol. The molecule has 0 saturated heterocycles. The fraction of sp³-hybridized carbons (Fsp3) is 0.324. The van der Waals surface area contributed by atoms with Crippen LogP contribution in [0.1, 0.15) is 92.0 Å². The maximum atomic E-state index is 15.0. The van der Waals surface area contributed by atoms with E-state index in [2.05, 4.69) is 45.5 Å². The van der Waals surface area contributed by atoms with E-state index in [0.717, 1.165) is 5.56 Å². The van der Waals surface area contributed by atoms with E-state index in [1.54, 1.807) is 136 Å². The second-order valence-electron chi connectivity index (χ2n) is 23.2. The quantitative estimate of drug-likeness (QED) is 0.0561. The molecule has 11 rings (SSSR count). The molecule has 3 amide bonds. The van der Waals surface area contributed by atoms with Crippen molar-refractivity contribution in [2.45, 2.75) is 78.3 Å². The summed E-state index contributed by atoms with van der Waals surface area (Å²) in [6.07, 6.45) is 11.1. The molecule has 6 N–H and O–H groups in total. The third-order valence-electron chi connectivity index (χ3n) is 16.4. The molecule has 24 heteroatoms. The van der Waals surface area contributed by atoms with Crippen molar-refractivity contribution in [1.29, 1.82) is 0 Å². The number of nitrogens with zero attached hydrogens (tertiary/aromatic N) is 6. The molecule has 12 nitrogen and oxygen atoms in total. The summed E-state index contributed by atoms with van der Waals surface area (Å²) in [4.78, 5) is 56.3. The van der Waals surface area contributed by atoms with Gasteiger partial charge >= 0.3 is 33.1 Å². The second kappa shape index (κ2) is 30.5. The molecule has 5 aromatic rings. The number of aliphatic imine (C=N–C) groups is 3. The Kier molecular flexibility index (Phi) is 24.8. The average Bonchev–Trinajstić information content (AvgIpc) is 1.55. The average molecular weight is 1590 g/mol. The molecule has 3 saturated carbocycles. The fourth-order valence-electron chi connectivity index (χ4n) is 11.9. The van der Waals surface area contributed by atoms with Crippen LogP contribution in [0, 0.1) is 59.4 Å². The Balaban J connectivity index is 0.000000204. The molecule has 490 valence electrons. The summed E-state index contributed by atoms with van der Waals surface area (Å²) in [5.41, 5.74) is 19.3. The van der Waals surface area contributed by atoms with Crippen LogP contribution in [0.2, 0.25) is 0 Å². The van der Waals surface area contributed by atoms with Crippen LogP contribution in [0.25, 0.3) is 18.2 Å². The van der Waals surface area contributed by atoms with Gasteiger partial charge in [-0.2, -0.15) is 8.78 Å². The van der Waals surface area contributed by atoms with E-state index >= 15 is 0 Å². The van der Waals surface area contributed by atoms with Gasteiger partial charge in [-0.25, -0.2) is 17.6 Å². The number of rotatable bonds is 9. The number of amides is 3. The van der Waals surface area contributed by atoms with Crippen molar-refractivity contribution in [1.82, 2.24) is 14.7 Å². The monoisotopic (exact) mass is 1590 g/mol. The normalized spacial score (nSPS) is 26.6. The Bertz CT molecular complexity index is 3920. The fourth-order valence-corrected chi connectivity index (χ4v) is 16.8. The summed E-state index contributed by atoms with van der Waals surface area (Å²) in [6, 6.07) is 31.8. The summed E-state index contributed by atoms with van der Waals surface area (Å²) in [7, 11) is 10.2. The topological polar surface area (TPSA) is 176 Å². The van der Waals surface area contributed by atoms with E-state index in [9.17, 15) is 40.7 Å². The number of hydrogen-bond donors (Lipinski definition) is 3. The van der Waals surface area contributed by atoms with E-state index in [1.807, 2.05) is 48.5 Å². The Hall–Kier alpha value is -6.13. The van der Waals surface area contributed by atoms with Gasteiger partial charge in [0.25, 0.3) is 0 Å². The van der Waals surface area contributed by atoms with E-state index in [0.29, 0.717) is 59.0 Å². The molecule has 0 spiro atoms. The standard InChI is InChI=1S/C25H23F2N3OS.C17H18F2IN3OS.C17H19F2N3OS.C8H6.CH4.Cu.HI/c1-24(21-15-25(21,22(31)30(2)3)32-23(28)29-24)19-14-17(10-12-20(19)27)13-18(26)11-9-16-7-5-4-6-8-16;1-16(10-6-9(7-13(19)20)4-5-11(10)18)12-8-17(12,14(24)23(2)3)25-15(21)22-16;1-16(11-8-10(6-7-18)4-5-12(11)19)13-9-17(13,14(23)22(2)3)24-15(20)21-16;1-2-8-6-4-3-5-7-8;;;/h4-8,10,12-14,21H,15H2,1-3H3,(H2,28,29);4-7,12H,8H2,1-3H3,(H2,21,22);4-8,13H,9H2,1-3H3,(H2,20,21);1,3-7H;1H4;;1H/q;;;;;+1;/p-1/b18-13-;13-7+;7-6-;;;;/t21-,24+,25-;12-,16+,17-;13-,16+,17-;;;;/m000..../s1. The van der Waals surface area contributed by atoms with Crippen LogP contribution in [0.4, 0.5) is 26.3 Å². The van der Waals surface area contributed by atoms with Crippen LogP contribution < -0.4 is 17.2 Å².